The second-order valence-corrected chi connectivity index (χ2v) is 5.47. The van der Waals surface area contributed by atoms with Gasteiger partial charge in [0.1, 0.15) is 16.4 Å². The maximum absolute atomic E-state index is 12.1. The number of ether oxygens (including phenoxy) is 1. The number of esters is 1. The fourth-order valence-corrected chi connectivity index (χ4v) is 2.74. The molecule has 0 aliphatic heterocycles. The summed E-state index contributed by atoms with van der Waals surface area (Å²) in [5.74, 6) is 0.770. The molecule has 0 amide bonds. The lowest BCUT2D eigenvalue weighted by Crippen LogP contribution is -2.09. The summed E-state index contributed by atoms with van der Waals surface area (Å²) in [5, 5.41) is 5.10. The van der Waals surface area contributed by atoms with Crippen LogP contribution in [-0.2, 0) is 4.74 Å². The van der Waals surface area contributed by atoms with E-state index in [9.17, 15) is 4.79 Å². The molecular formula is C15H19N3O2S. The minimum absolute atomic E-state index is 0.312. The first-order chi connectivity index (χ1) is 10.2. The smallest absolute Gasteiger partial charge is 0.344 e. The number of aromatic nitrogens is 2. The number of nitrogens with two attached hydrogens (primary N) is 1. The van der Waals surface area contributed by atoms with Crippen molar-refractivity contribution in [1.29, 1.82) is 0 Å². The lowest BCUT2D eigenvalue weighted by Gasteiger charge is -2.04. The van der Waals surface area contributed by atoms with E-state index in [1.807, 2.05) is 30.3 Å². The first-order valence-electron chi connectivity index (χ1n) is 6.92. The Hall–Kier alpha value is -1.95. The van der Waals surface area contributed by atoms with Crippen LogP contribution < -0.4 is 5.73 Å². The molecule has 1 aromatic carbocycles. The quantitative estimate of drug-likeness (QED) is 0.656. The van der Waals surface area contributed by atoms with Crippen molar-refractivity contribution in [3.05, 3.63) is 35.9 Å². The van der Waals surface area contributed by atoms with Crippen LogP contribution >= 0.6 is 11.8 Å². The Morgan fingerprint density at radius 2 is 2.05 bits per heavy atom. The fraction of sp³-hybridized carbons (Fsp3) is 0.333. The van der Waals surface area contributed by atoms with Gasteiger partial charge in [-0.15, -0.1) is 11.8 Å². The molecule has 21 heavy (non-hydrogen) atoms. The molecule has 2 N–H and O–H groups in total. The first kappa shape index (κ1) is 15.4. The molecule has 0 aliphatic carbocycles. The van der Waals surface area contributed by atoms with Crippen LogP contribution in [0.15, 0.2) is 35.4 Å². The van der Waals surface area contributed by atoms with Crippen LogP contribution in [0.25, 0.3) is 5.69 Å². The maximum atomic E-state index is 12.1. The van der Waals surface area contributed by atoms with Gasteiger partial charge in [0.25, 0.3) is 0 Å². The summed E-state index contributed by atoms with van der Waals surface area (Å²) >= 11 is 1.52. The highest BCUT2D eigenvalue weighted by molar-refractivity contribution is 7.99. The Balaban J connectivity index is 2.46. The Kier molecular flexibility index (Phi) is 5.27. The highest BCUT2D eigenvalue weighted by atomic mass is 32.2. The number of para-hydroxylation sites is 1. The number of hydrogen-bond acceptors (Lipinski definition) is 5. The zero-order valence-corrected chi connectivity index (χ0v) is 13.0. The number of rotatable bonds is 6. The number of nitrogen functional groups attached to an aromatic ring is 1. The molecule has 0 radical (unpaired) electrons. The second-order valence-electron chi connectivity index (χ2n) is 4.38. The van der Waals surface area contributed by atoms with Gasteiger partial charge in [0.05, 0.1) is 12.3 Å². The SMILES string of the molecule is CCCSc1nn(-c2ccccc2)c(N)c1C(=O)OCC. The molecular weight excluding hydrogens is 286 g/mol. The number of carbonyl (C=O) groups excluding carboxylic acids is 1. The van der Waals surface area contributed by atoms with Crippen LogP contribution in [0, 0.1) is 0 Å². The van der Waals surface area contributed by atoms with Crippen LogP contribution in [0.4, 0.5) is 5.82 Å². The average Bonchev–Trinajstić information content (AvgIpc) is 2.83. The molecule has 0 saturated carbocycles. The molecule has 0 spiro atoms. The van der Waals surface area contributed by atoms with Gasteiger partial charge in [0, 0.05) is 0 Å². The van der Waals surface area contributed by atoms with Crippen molar-refractivity contribution in [3.8, 4) is 5.69 Å². The van der Waals surface area contributed by atoms with Crippen molar-refractivity contribution < 1.29 is 9.53 Å². The van der Waals surface area contributed by atoms with E-state index < -0.39 is 5.97 Å². The second kappa shape index (κ2) is 7.17. The van der Waals surface area contributed by atoms with E-state index in [4.69, 9.17) is 10.5 Å². The summed E-state index contributed by atoms with van der Waals surface area (Å²) < 4.78 is 6.68. The minimum Gasteiger partial charge on any atom is -0.462 e. The van der Waals surface area contributed by atoms with Gasteiger partial charge in [0.2, 0.25) is 0 Å². The van der Waals surface area contributed by atoms with Crippen LogP contribution in [0.3, 0.4) is 0 Å². The molecule has 0 saturated heterocycles. The molecule has 0 fully saturated rings. The molecule has 1 heterocycles. The summed E-state index contributed by atoms with van der Waals surface area (Å²) in [6, 6.07) is 9.51. The largest absolute Gasteiger partial charge is 0.462 e. The topological polar surface area (TPSA) is 70.1 Å². The van der Waals surface area contributed by atoms with Gasteiger partial charge in [-0.3, -0.25) is 0 Å². The molecule has 0 bridgehead atoms. The summed E-state index contributed by atoms with van der Waals surface area (Å²) in [6.07, 6.45) is 0.991. The van der Waals surface area contributed by atoms with Crippen molar-refractivity contribution in [3.63, 3.8) is 0 Å². The molecule has 0 aliphatic rings. The van der Waals surface area contributed by atoms with Gasteiger partial charge < -0.3 is 10.5 Å². The first-order valence-corrected chi connectivity index (χ1v) is 7.91. The predicted molar refractivity (Wildman–Crippen MR) is 84.9 cm³/mol. The van der Waals surface area contributed by atoms with Crippen molar-refractivity contribution in [2.45, 2.75) is 25.3 Å². The van der Waals surface area contributed by atoms with Crippen LogP contribution in [-0.4, -0.2) is 28.1 Å². The van der Waals surface area contributed by atoms with E-state index >= 15 is 0 Å². The lowest BCUT2D eigenvalue weighted by molar-refractivity contribution is 0.0523. The van der Waals surface area contributed by atoms with Gasteiger partial charge in [-0.25, -0.2) is 9.48 Å². The maximum Gasteiger partial charge on any atom is 0.344 e. The minimum atomic E-state index is -0.421. The van der Waals surface area contributed by atoms with Gasteiger partial charge in [0.15, 0.2) is 0 Å². The van der Waals surface area contributed by atoms with Gasteiger partial charge >= 0.3 is 5.97 Å². The summed E-state index contributed by atoms with van der Waals surface area (Å²) in [5.41, 5.74) is 7.31. The fourth-order valence-electron chi connectivity index (χ4n) is 1.87. The zero-order valence-electron chi connectivity index (χ0n) is 12.2. The highest BCUT2D eigenvalue weighted by Crippen LogP contribution is 2.29. The van der Waals surface area contributed by atoms with E-state index in [2.05, 4.69) is 12.0 Å². The molecule has 112 valence electrons. The number of anilines is 1. The molecule has 0 atom stereocenters. The van der Waals surface area contributed by atoms with E-state index in [-0.39, 0.29) is 0 Å². The third kappa shape index (κ3) is 3.39. The Morgan fingerprint density at radius 3 is 2.67 bits per heavy atom. The molecule has 6 heteroatoms. The van der Waals surface area contributed by atoms with Crippen LogP contribution in [0.2, 0.25) is 0 Å². The normalized spacial score (nSPS) is 10.6. The van der Waals surface area contributed by atoms with E-state index in [1.54, 1.807) is 11.6 Å². The van der Waals surface area contributed by atoms with Crippen molar-refractivity contribution in [2.24, 2.45) is 0 Å². The molecule has 1 aromatic heterocycles. The van der Waals surface area contributed by atoms with Gasteiger partial charge in [-0.05, 0) is 31.2 Å². The monoisotopic (exact) mass is 305 g/mol. The van der Waals surface area contributed by atoms with Crippen LogP contribution in [0.5, 0.6) is 0 Å². The molecule has 2 rings (SSSR count). The van der Waals surface area contributed by atoms with Crippen LogP contribution in [0.1, 0.15) is 30.6 Å². The number of carbonyl (C=O) groups is 1. The van der Waals surface area contributed by atoms with Crippen molar-refractivity contribution in [1.82, 2.24) is 9.78 Å². The average molecular weight is 305 g/mol. The highest BCUT2D eigenvalue weighted by Gasteiger charge is 2.24. The Labute approximate surface area is 128 Å². The van der Waals surface area contributed by atoms with Gasteiger partial charge in [-0.1, -0.05) is 25.1 Å². The van der Waals surface area contributed by atoms with E-state index in [0.717, 1.165) is 17.9 Å². The third-order valence-corrected chi connectivity index (χ3v) is 3.98. The number of nitrogens with zero attached hydrogens (tertiary/aromatic N) is 2. The Bertz CT molecular complexity index is 611. The summed E-state index contributed by atoms with van der Waals surface area (Å²) in [6.45, 7) is 4.16. The molecule has 0 unspecified atom stereocenters. The number of hydrogen-bond donors (Lipinski definition) is 1. The predicted octanol–water partition coefficient (Wildman–Crippen LogP) is 3.13. The van der Waals surface area contributed by atoms with Gasteiger partial charge in [-0.2, -0.15) is 5.10 Å². The summed E-state index contributed by atoms with van der Waals surface area (Å²) in [4.78, 5) is 12.1. The number of benzene rings is 1. The molecule has 2 aromatic rings. The molecule has 5 nitrogen and oxygen atoms in total. The lowest BCUT2D eigenvalue weighted by atomic mass is 10.3. The van der Waals surface area contributed by atoms with E-state index in [0.29, 0.717) is 23.0 Å². The van der Waals surface area contributed by atoms with Crippen molar-refractivity contribution >= 4 is 23.5 Å². The zero-order chi connectivity index (χ0) is 15.2. The third-order valence-electron chi connectivity index (χ3n) is 2.81. The van der Waals surface area contributed by atoms with E-state index in [1.165, 1.54) is 11.8 Å². The van der Waals surface area contributed by atoms with Crippen molar-refractivity contribution in [2.75, 3.05) is 18.1 Å². The summed E-state index contributed by atoms with van der Waals surface area (Å²) in [7, 11) is 0. The Morgan fingerprint density at radius 1 is 1.33 bits per heavy atom. The standard InChI is InChI=1S/C15H19N3O2S/c1-3-10-21-14-12(15(19)20-4-2)13(16)18(17-14)11-8-6-5-7-9-11/h5-9H,3-4,10,16H2,1-2H3. The number of thioether (sulfide) groups is 1.